The quantitative estimate of drug-likeness (QED) is 0.560. The number of nitrogens with zero attached hydrogens (tertiary/aromatic N) is 1. The summed E-state index contributed by atoms with van der Waals surface area (Å²) in [6.07, 6.45) is 4.59. The van der Waals surface area contributed by atoms with Gasteiger partial charge in [-0.2, -0.15) is 0 Å². The first-order chi connectivity index (χ1) is 12.7. The lowest BCUT2D eigenvalue weighted by atomic mass is 9.82. The van der Waals surface area contributed by atoms with Gasteiger partial charge in [-0.25, -0.2) is 0 Å². The van der Waals surface area contributed by atoms with Crippen LogP contribution in [-0.2, 0) is 0 Å². The Morgan fingerprint density at radius 3 is 1.92 bits per heavy atom. The second-order valence-electron chi connectivity index (χ2n) is 7.28. The molecule has 134 valence electrons. The van der Waals surface area contributed by atoms with Crippen LogP contribution in [0.25, 0.3) is 0 Å². The lowest BCUT2D eigenvalue weighted by molar-refractivity contribution is 0.0612. The Kier molecular flexibility index (Phi) is 5.11. The van der Waals surface area contributed by atoms with Crippen LogP contribution in [-0.4, -0.2) is 29.0 Å². The van der Waals surface area contributed by atoms with Crippen molar-refractivity contribution in [1.82, 2.24) is 4.90 Å². The molecule has 0 N–H and O–H groups in total. The van der Waals surface area contributed by atoms with Crippen molar-refractivity contribution >= 4 is 23.6 Å². The molecular weight excluding hydrogens is 342 g/mol. The summed E-state index contributed by atoms with van der Waals surface area (Å²) in [5.74, 6) is 2.09. The molecule has 0 radical (unpaired) electrons. The van der Waals surface area contributed by atoms with Crippen molar-refractivity contribution in [2.75, 3.05) is 12.3 Å². The predicted molar refractivity (Wildman–Crippen MR) is 104 cm³/mol. The summed E-state index contributed by atoms with van der Waals surface area (Å²) in [5.41, 5.74) is 1.12. The van der Waals surface area contributed by atoms with Crippen LogP contribution in [0.5, 0.6) is 0 Å². The highest BCUT2D eigenvalue weighted by Crippen LogP contribution is 2.34. The van der Waals surface area contributed by atoms with Crippen molar-refractivity contribution in [3.05, 3.63) is 65.7 Å². The summed E-state index contributed by atoms with van der Waals surface area (Å²) in [7, 11) is 0. The maximum absolute atomic E-state index is 12.5. The van der Waals surface area contributed by atoms with Gasteiger partial charge in [-0.05, 0) is 61.8 Å². The lowest BCUT2D eigenvalue weighted by Gasteiger charge is -2.30. The van der Waals surface area contributed by atoms with E-state index in [1.165, 1.54) is 22.6 Å². The summed E-state index contributed by atoms with van der Waals surface area (Å²) in [6.45, 7) is 0.574. The Morgan fingerprint density at radius 1 is 0.769 bits per heavy atom. The highest BCUT2D eigenvalue weighted by molar-refractivity contribution is 7.99. The van der Waals surface area contributed by atoms with E-state index in [2.05, 4.69) is 30.3 Å². The molecule has 2 aromatic rings. The average Bonchev–Trinajstić information content (AvgIpc) is 2.93. The number of thioether (sulfide) groups is 1. The number of imide groups is 1. The fourth-order valence-electron chi connectivity index (χ4n) is 3.97. The monoisotopic (exact) mass is 365 g/mol. The molecule has 1 fully saturated rings. The number of hydrogen-bond donors (Lipinski definition) is 0. The van der Waals surface area contributed by atoms with Gasteiger partial charge in [-0.1, -0.05) is 30.3 Å². The van der Waals surface area contributed by atoms with Crippen LogP contribution < -0.4 is 0 Å². The number of hydrogen-bond acceptors (Lipinski definition) is 3. The molecule has 2 aromatic carbocycles. The summed E-state index contributed by atoms with van der Waals surface area (Å²) < 4.78 is 0. The fourth-order valence-corrected chi connectivity index (χ4v) is 5.09. The van der Waals surface area contributed by atoms with Crippen LogP contribution in [0.1, 0.15) is 46.4 Å². The van der Waals surface area contributed by atoms with Gasteiger partial charge in [0.25, 0.3) is 11.8 Å². The SMILES string of the molecule is O=C1c2ccccc2C(=O)N1CC1CCC(CSc2ccccc2)CC1. The zero-order chi connectivity index (χ0) is 17.9. The third-order valence-electron chi connectivity index (χ3n) is 5.51. The minimum atomic E-state index is -0.118. The smallest absolute Gasteiger partial charge is 0.261 e. The molecule has 0 unspecified atom stereocenters. The summed E-state index contributed by atoms with van der Waals surface area (Å²) >= 11 is 1.93. The first-order valence-electron chi connectivity index (χ1n) is 9.35. The Labute approximate surface area is 158 Å². The third-order valence-corrected chi connectivity index (χ3v) is 6.76. The van der Waals surface area contributed by atoms with E-state index >= 15 is 0 Å². The van der Waals surface area contributed by atoms with E-state index in [0.717, 1.165) is 24.5 Å². The van der Waals surface area contributed by atoms with E-state index in [9.17, 15) is 9.59 Å². The van der Waals surface area contributed by atoms with E-state index in [4.69, 9.17) is 0 Å². The molecule has 4 rings (SSSR count). The van der Waals surface area contributed by atoms with E-state index < -0.39 is 0 Å². The van der Waals surface area contributed by atoms with E-state index in [1.807, 2.05) is 23.9 Å². The number of fused-ring (bicyclic) bond motifs is 1. The number of carbonyl (C=O) groups excluding carboxylic acids is 2. The standard InChI is InChI=1S/C22H23NO2S/c24-21-19-8-4-5-9-20(19)22(25)23(21)14-16-10-12-17(13-11-16)15-26-18-6-2-1-3-7-18/h1-9,16-17H,10-15H2. The van der Waals surface area contributed by atoms with E-state index in [0.29, 0.717) is 23.6 Å². The van der Waals surface area contributed by atoms with Crippen molar-refractivity contribution in [3.63, 3.8) is 0 Å². The molecule has 1 aliphatic heterocycles. The molecule has 2 aliphatic rings. The van der Waals surface area contributed by atoms with Gasteiger partial charge in [0.2, 0.25) is 0 Å². The molecule has 0 aromatic heterocycles. The first kappa shape index (κ1) is 17.3. The van der Waals surface area contributed by atoms with Crippen LogP contribution in [0.2, 0.25) is 0 Å². The maximum atomic E-state index is 12.5. The van der Waals surface area contributed by atoms with Crippen LogP contribution in [0, 0.1) is 11.8 Å². The molecule has 1 aliphatic carbocycles. The van der Waals surface area contributed by atoms with Crippen LogP contribution in [0.15, 0.2) is 59.5 Å². The Balaban J connectivity index is 1.28. The Bertz CT molecular complexity index is 762. The zero-order valence-electron chi connectivity index (χ0n) is 14.8. The van der Waals surface area contributed by atoms with Crippen molar-refractivity contribution in [2.45, 2.75) is 30.6 Å². The van der Waals surface area contributed by atoms with Gasteiger partial charge in [-0.15, -0.1) is 11.8 Å². The Morgan fingerprint density at radius 2 is 1.31 bits per heavy atom. The molecular formula is C22H23NO2S. The van der Waals surface area contributed by atoms with Crippen molar-refractivity contribution in [1.29, 1.82) is 0 Å². The van der Waals surface area contributed by atoms with Gasteiger partial charge >= 0.3 is 0 Å². The summed E-state index contributed by atoms with van der Waals surface area (Å²) in [4.78, 5) is 27.8. The minimum absolute atomic E-state index is 0.118. The topological polar surface area (TPSA) is 37.4 Å². The zero-order valence-corrected chi connectivity index (χ0v) is 15.6. The molecule has 2 amide bonds. The molecule has 0 spiro atoms. The molecule has 0 bridgehead atoms. The second-order valence-corrected chi connectivity index (χ2v) is 8.37. The van der Waals surface area contributed by atoms with E-state index in [1.54, 1.807) is 12.1 Å². The molecule has 1 heterocycles. The van der Waals surface area contributed by atoms with Gasteiger partial charge in [-0.3, -0.25) is 14.5 Å². The average molecular weight is 365 g/mol. The van der Waals surface area contributed by atoms with Crippen LogP contribution in [0.4, 0.5) is 0 Å². The minimum Gasteiger partial charge on any atom is -0.274 e. The molecule has 3 nitrogen and oxygen atoms in total. The summed E-state index contributed by atoms with van der Waals surface area (Å²) in [5, 5.41) is 0. The van der Waals surface area contributed by atoms with Crippen molar-refractivity contribution in [2.24, 2.45) is 11.8 Å². The molecule has 1 saturated carbocycles. The van der Waals surface area contributed by atoms with Crippen LogP contribution >= 0.6 is 11.8 Å². The fraction of sp³-hybridized carbons (Fsp3) is 0.364. The Hall–Kier alpha value is -2.07. The van der Waals surface area contributed by atoms with Crippen molar-refractivity contribution < 1.29 is 9.59 Å². The molecule has 0 saturated heterocycles. The van der Waals surface area contributed by atoms with Crippen LogP contribution in [0.3, 0.4) is 0 Å². The van der Waals surface area contributed by atoms with Gasteiger partial charge in [0.1, 0.15) is 0 Å². The second kappa shape index (κ2) is 7.67. The highest BCUT2D eigenvalue weighted by Gasteiger charge is 2.36. The molecule has 0 atom stereocenters. The number of benzene rings is 2. The van der Waals surface area contributed by atoms with Gasteiger partial charge in [0.15, 0.2) is 0 Å². The van der Waals surface area contributed by atoms with Gasteiger partial charge < -0.3 is 0 Å². The number of rotatable bonds is 5. The number of carbonyl (C=O) groups is 2. The highest BCUT2D eigenvalue weighted by atomic mass is 32.2. The van der Waals surface area contributed by atoms with E-state index in [-0.39, 0.29) is 11.8 Å². The molecule has 4 heteroatoms. The lowest BCUT2D eigenvalue weighted by Crippen LogP contribution is -2.36. The van der Waals surface area contributed by atoms with Gasteiger partial charge in [0.05, 0.1) is 11.1 Å². The number of amides is 2. The first-order valence-corrected chi connectivity index (χ1v) is 10.3. The third kappa shape index (κ3) is 3.56. The maximum Gasteiger partial charge on any atom is 0.261 e. The van der Waals surface area contributed by atoms with Crippen molar-refractivity contribution in [3.8, 4) is 0 Å². The van der Waals surface area contributed by atoms with Gasteiger partial charge in [0, 0.05) is 17.2 Å². The molecule has 26 heavy (non-hydrogen) atoms. The largest absolute Gasteiger partial charge is 0.274 e. The summed E-state index contributed by atoms with van der Waals surface area (Å²) in [6, 6.07) is 17.7. The normalized spacial score (nSPS) is 22.5. The predicted octanol–water partition coefficient (Wildman–Crippen LogP) is 4.88.